The molecule has 692 valence electrons. The van der Waals surface area contributed by atoms with Crippen LogP contribution in [0.5, 0.6) is 0 Å². The molecule has 0 aliphatic carbocycles. The summed E-state index contributed by atoms with van der Waals surface area (Å²) in [6.45, 7) is 57.4. The van der Waals surface area contributed by atoms with Gasteiger partial charge in [0, 0.05) is 67.2 Å². The molecule has 0 saturated heterocycles. The molecule has 0 amide bonds. The zero-order valence-electron chi connectivity index (χ0n) is 75.0. The first kappa shape index (κ1) is 114. The van der Waals surface area contributed by atoms with Crippen molar-refractivity contribution in [2.24, 2.45) is 43.4 Å². The lowest BCUT2D eigenvalue weighted by Crippen LogP contribution is -2.25. The molecule has 0 fully saturated rings. The third kappa shape index (κ3) is 41.1. The summed E-state index contributed by atoms with van der Waals surface area (Å²) < 4.78 is 17.8. The molecule has 4 heterocycles. The zero-order chi connectivity index (χ0) is 99.4. The third-order valence-corrected chi connectivity index (χ3v) is 23.0. The summed E-state index contributed by atoms with van der Waals surface area (Å²) >= 11 is 42.4. The van der Waals surface area contributed by atoms with Gasteiger partial charge in [0.05, 0.1) is 32.6 Å². The highest BCUT2D eigenvalue weighted by molar-refractivity contribution is 9.12. The highest BCUT2D eigenvalue weighted by Gasteiger charge is 2.24. The Kier molecular flexibility index (Phi) is 47.3. The lowest BCUT2D eigenvalue weighted by atomic mass is 9.83. The molecular weight excluding hydrogens is 2420 g/mol. The Balaban J connectivity index is 0.000000279. The van der Waals surface area contributed by atoms with Gasteiger partial charge in [-0.2, -0.15) is 15.8 Å². The molecule has 8 aromatic carbocycles. The Morgan fingerprint density at radius 2 is 0.647 bits per heavy atom. The van der Waals surface area contributed by atoms with E-state index in [0.29, 0.717) is 54.7 Å². The van der Waals surface area contributed by atoms with Crippen LogP contribution in [0, 0.1) is 75.4 Å². The normalized spacial score (nSPS) is 11.0. The highest BCUT2D eigenvalue weighted by atomic mass is 79.9. The van der Waals surface area contributed by atoms with Crippen LogP contribution in [0.4, 0.5) is 17.5 Å². The predicted molar refractivity (Wildman–Crippen MR) is 573 cm³/mol. The number of oxime groups is 2. The monoisotopic (exact) mass is 2510 g/mol. The Bertz CT molecular complexity index is 6110. The molecular formula is C99H98Br11ClN18O4. The molecule has 12 rings (SSSR count). The lowest BCUT2D eigenvalue weighted by Gasteiger charge is -2.22. The summed E-state index contributed by atoms with van der Waals surface area (Å²) in [4.78, 5) is 36.1. The number of aliphatic hydroxyl groups excluding tert-OH is 1. The van der Waals surface area contributed by atoms with Crippen molar-refractivity contribution in [1.29, 1.82) is 15.8 Å². The SMILES string of the molecule is Brc1cc(Br)cc(Br)c1.CC(C)(C)Cc1cc(Cn2cnc(/C(N)=N/O)c2/C(N)=N/O)cc(CC(C)(C)C)c1.ClCc1cc(Br)cc(Br)c1.O=Cc1cc(Br)cc(Br)c1.OCc1cc(Br)cc(Br)c1.[C-]#[N+]c1ncn(Cc2cc(Br)cc(Br)c2)c1C#N.[C-]#[N+]c1ncn(Cc2cc(C=C)cc(C=C)c2)c1C#N.[C-]#[N+]c1ncn(Cc2cc(CC(C)(C)C)cc(CC(C)(C)C)c2)c1C#N. The van der Waals surface area contributed by atoms with Gasteiger partial charge >= 0.3 is 17.5 Å². The number of aliphatic hydroxyl groups is 1. The number of nitrogens with zero attached hydrogens (tertiary/aromatic N) is 16. The number of carbonyl (C=O) groups is 1. The van der Waals surface area contributed by atoms with Crippen LogP contribution in [0.15, 0.2) is 244 Å². The fourth-order valence-electron chi connectivity index (χ4n) is 13.0. The largest absolute Gasteiger partial charge is 0.409 e. The number of hydrogen-bond acceptors (Lipinski definition) is 13. The van der Waals surface area contributed by atoms with Crippen molar-refractivity contribution in [2.45, 2.75) is 147 Å². The van der Waals surface area contributed by atoms with Crippen molar-refractivity contribution < 1.29 is 20.3 Å². The van der Waals surface area contributed by atoms with Crippen LogP contribution < -0.4 is 11.5 Å². The Labute approximate surface area is 876 Å². The first-order valence-corrected chi connectivity index (χ1v) is 49.5. The van der Waals surface area contributed by atoms with Crippen LogP contribution >= 0.6 is 187 Å². The summed E-state index contributed by atoms with van der Waals surface area (Å²) in [6, 6.07) is 54.4. The van der Waals surface area contributed by atoms with E-state index >= 15 is 0 Å². The van der Waals surface area contributed by atoms with Crippen LogP contribution in [0.2, 0.25) is 0 Å². The Hall–Kier alpha value is -9.24. The summed E-state index contributed by atoms with van der Waals surface area (Å²) in [5.74, 6) is 0.647. The second kappa shape index (κ2) is 55.1. The Morgan fingerprint density at radius 1 is 0.391 bits per heavy atom. The van der Waals surface area contributed by atoms with Crippen LogP contribution in [0.3, 0.4) is 0 Å². The van der Waals surface area contributed by atoms with Gasteiger partial charge in [-0.25, -0.2) is 4.98 Å². The zero-order valence-corrected chi connectivity index (χ0v) is 93.2. The van der Waals surface area contributed by atoms with E-state index in [1.54, 1.807) is 55.2 Å². The summed E-state index contributed by atoms with van der Waals surface area (Å²) in [5, 5.41) is 60.5. The summed E-state index contributed by atoms with van der Waals surface area (Å²) in [7, 11) is 0. The van der Waals surface area contributed by atoms with Crippen LogP contribution in [-0.2, 0) is 64.3 Å². The fourth-order valence-corrected chi connectivity index (χ4v) is 21.0. The van der Waals surface area contributed by atoms with Gasteiger partial charge in [0.25, 0.3) is 0 Å². The minimum Gasteiger partial charge on any atom is -0.409 e. The van der Waals surface area contributed by atoms with Gasteiger partial charge in [0.15, 0.2) is 30.7 Å². The molecule has 0 aliphatic rings. The van der Waals surface area contributed by atoms with Crippen LogP contribution in [0.1, 0.15) is 189 Å². The fraction of sp³-hybridized carbons (Fsp3) is 0.263. The van der Waals surface area contributed by atoms with Crippen molar-refractivity contribution >= 4 is 234 Å². The van der Waals surface area contributed by atoms with E-state index in [0.717, 1.165) is 126 Å². The minimum atomic E-state index is -0.203. The van der Waals surface area contributed by atoms with E-state index in [2.05, 4.69) is 359 Å². The topological polar surface area (TPSA) is 310 Å². The number of imidazole rings is 4. The maximum absolute atomic E-state index is 10.3. The number of halogens is 12. The second-order valence-corrected chi connectivity index (χ2v) is 44.9. The third-order valence-electron chi connectivity index (χ3n) is 17.7. The van der Waals surface area contributed by atoms with Crippen molar-refractivity contribution in [2.75, 3.05) is 0 Å². The number of amidine groups is 2. The highest BCUT2D eigenvalue weighted by Crippen LogP contribution is 2.33. The van der Waals surface area contributed by atoms with E-state index in [9.17, 15) is 15.3 Å². The van der Waals surface area contributed by atoms with Gasteiger partial charge in [0.1, 0.15) is 53.0 Å². The number of nitrogens with two attached hydrogens (primary N) is 2. The predicted octanol–water partition coefficient (Wildman–Crippen LogP) is 30.0. The molecule has 0 atom stereocenters. The maximum Gasteiger partial charge on any atom is 0.305 e. The van der Waals surface area contributed by atoms with Gasteiger partial charge in [-0.15, -0.1) is 26.6 Å². The Morgan fingerprint density at radius 3 is 0.910 bits per heavy atom. The first-order valence-electron chi connectivity index (χ1n) is 40.2. The van der Waals surface area contributed by atoms with Crippen molar-refractivity contribution in [1.82, 2.24) is 38.2 Å². The average Bonchev–Trinajstić information content (AvgIpc) is 1.67. The molecule has 0 bridgehead atoms. The van der Waals surface area contributed by atoms with Crippen molar-refractivity contribution in [3.05, 3.63) is 368 Å². The van der Waals surface area contributed by atoms with Gasteiger partial charge in [-0.3, -0.25) is 4.79 Å². The smallest absolute Gasteiger partial charge is 0.305 e. The van der Waals surface area contributed by atoms with E-state index in [1.807, 2.05) is 109 Å². The van der Waals surface area contributed by atoms with Crippen LogP contribution in [0.25, 0.3) is 26.7 Å². The number of alkyl halides is 1. The number of rotatable bonds is 19. The van der Waals surface area contributed by atoms with Gasteiger partial charge in [0.2, 0.25) is 0 Å². The molecule has 133 heavy (non-hydrogen) atoms. The number of hydrogen-bond donors (Lipinski definition) is 5. The standard InChI is InChI=1S/C22H34N6O2.C22H28N4.C16H12N4.C12H6Br2N4.C7H5Br2Cl.C7H6Br2O.C7H4Br2O.C6H3Br3/c1-21(2,3)10-14-7-15(11-22(4,5)6)9-16(8-14)12-28-13-25-17(19(23)26-29)18(28)20(24)27-30;1-21(2,3)11-16-8-17(12-22(4,5)6)10-18(9-16)14-26-15-25-20(24-7)19(26)13-23;1-4-12-6-13(5-2)8-14(7-12)10-20-11-19-16(18-3)15(20)9-17;1-16-12-11(5-15)18(7-17-12)6-8-2-9(13)4-10(14)3-8;3*8-6-1-5(4-10)2-7(9)3-6;7-4-1-5(8)3-6(9)2-4/h7-9,13,29-30H,10-12H2,1-6H3,(H2,23,26)(H2,24,27);8-10,15H,11-12,14H2,1-6H3;4-8,11H,1-2,10H2;2-4,7H,6H2;1-3H,4H2;1-3,10H,4H2;1-4H;1-3H. The number of aldehydes is 1. The number of carbonyl (C=O) groups excluding carboxylic acids is 1. The average molecular weight is 2520 g/mol. The van der Waals surface area contributed by atoms with Gasteiger partial charge in [-0.05, 0) is 223 Å². The van der Waals surface area contributed by atoms with E-state index in [1.165, 1.54) is 34.9 Å². The number of aromatic nitrogens is 8. The van der Waals surface area contributed by atoms with Crippen LogP contribution in [-0.4, -0.2) is 71.7 Å². The van der Waals surface area contributed by atoms with E-state index in [-0.39, 0.29) is 68.8 Å². The molecule has 0 aliphatic heterocycles. The molecule has 4 aromatic heterocycles. The minimum absolute atomic E-state index is 0.0814. The molecule has 7 N–H and O–H groups in total. The molecule has 0 unspecified atom stereocenters. The molecule has 12 aromatic rings. The lowest BCUT2D eigenvalue weighted by molar-refractivity contribution is 0.112. The second-order valence-electron chi connectivity index (χ2n) is 34.6. The number of benzene rings is 8. The molecule has 0 saturated carbocycles. The van der Waals surface area contributed by atoms with Crippen molar-refractivity contribution in [3.8, 4) is 18.2 Å². The van der Waals surface area contributed by atoms with Crippen molar-refractivity contribution in [3.63, 3.8) is 0 Å². The van der Waals surface area contributed by atoms with E-state index < -0.39 is 0 Å². The summed E-state index contributed by atoms with van der Waals surface area (Å²) in [5.41, 5.74) is 27.7. The maximum atomic E-state index is 10.3. The number of nitriles is 3. The van der Waals surface area contributed by atoms with E-state index in [4.69, 9.17) is 63.6 Å². The molecule has 34 heteroatoms. The molecule has 0 spiro atoms. The quantitative estimate of drug-likeness (QED) is 0.00958. The van der Waals surface area contributed by atoms with Gasteiger partial charge < -0.3 is 59.8 Å². The molecule has 0 radical (unpaired) electrons. The molecule has 22 nitrogen and oxygen atoms in total. The first-order chi connectivity index (χ1) is 62.5. The van der Waals surface area contributed by atoms with Gasteiger partial charge in [-0.1, -0.05) is 350 Å². The summed E-state index contributed by atoms with van der Waals surface area (Å²) in [6.07, 6.45) is 14.4.